The molecule has 1 rings (SSSR count). The number of rotatable bonds is 6. The third kappa shape index (κ3) is 4.47. The number of nitrogen functional groups attached to an aromatic ring is 1. The van der Waals surface area contributed by atoms with Gasteiger partial charge in [-0.3, -0.25) is 0 Å². The Kier molecular flexibility index (Phi) is 5.14. The van der Waals surface area contributed by atoms with E-state index in [1.807, 2.05) is 0 Å². The van der Waals surface area contributed by atoms with Gasteiger partial charge in [0.1, 0.15) is 22.4 Å². The van der Waals surface area contributed by atoms with Crippen LogP contribution in [0.4, 0.5) is 11.6 Å². The molecule has 0 atom stereocenters. The number of hydrogen-bond donors (Lipinski definition) is 3. The lowest BCUT2D eigenvalue weighted by Crippen LogP contribution is -2.24. The third-order valence-corrected chi connectivity index (χ3v) is 3.34. The Morgan fingerprint density at radius 3 is 2.82 bits per heavy atom. The second-order valence-corrected chi connectivity index (χ2v) is 5.56. The summed E-state index contributed by atoms with van der Waals surface area (Å²) in [7, 11) is 0. The second-order valence-electron chi connectivity index (χ2n) is 4.77. The summed E-state index contributed by atoms with van der Waals surface area (Å²) in [5.74, 6) is 1.13. The molecule has 0 amide bonds. The predicted molar refractivity (Wildman–Crippen MR) is 72.7 cm³/mol. The molecule has 0 spiro atoms. The van der Waals surface area contributed by atoms with Gasteiger partial charge in [-0.25, -0.2) is 9.97 Å². The minimum absolute atomic E-state index is 0.0991. The molecule has 1 aromatic heterocycles. The maximum absolute atomic E-state index is 8.83. The van der Waals surface area contributed by atoms with E-state index in [0.717, 1.165) is 19.4 Å². The first-order chi connectivity index (χ1) is 7.96. The Bertz CT molecular complexity index is 370. The number of nitrogens with zero attached hydrogens (tertiary/aromatic N) is 2. The van der Waals surface area contributed by atoms with E-state index >= 15 is 0 Å². The van der Waals surface area contributed by atoms with Gasteiger partial charge in [-0.15, -0.1) is 0 Å². The van der Waals surface area contributed by atoms with Crippen LogP contribution in [0.25, 0.3) is 0 Å². The van der Waals surface area contributed by atoms with Crippen LogP contribution in [0.1, 0.15) is 26.7 Å². The highest BCUT2D eigenvalue weighted by atomic mass is 79.9. The summed E-state index contributed by atoms with van der Waals surface area (Å²) in [6, 6.07) is 0. The van der Waals surface area contributed by atoms with Gasteiger partial charge < -0.3 is 16.2 Å². The molecule has 0 aliphatic carbocycles. The number of nitrogens with one attached hydrogen (secondary N) is 1. The van der Waals surface area contributed by atoms with Gasteiger partial charge in [-0.05, 0) is 34.2 Å². The van der Waals surface area contributed by atoms with Crippen molar-refractivity contribution in [3.05, 3.63) is 10.8 Å². The molecule has 0 aromatic carbocycles. The lowest BCUT2D eigenvalue weighted by atomic mass is 9.88. The predicted octanol–water partition coefficient (Wildman–Crippen LogP) is 2.03. The molecule has 96 valence electrons. The molecular formula is C11H19BrN4O. The average Bonchev–Trinajstić information content (AvgIpc) is 2.29. The van der Waals surface area contributed by atoms with Gasteiger partial charge in [0, 0.05) is 13.2 Å². The summed E-state index contributed by atoms with van der Waals surface area (Å²) in [4.78, 5) is 8.00. The van der Waals surface area contributed by atoms with Crippen LogP contribution in [0.2, 0.25) is 0 Å². The highest BCUT2D eigenvalue weighted by Gasteiger charge is 2.18. The van der Waals surface area contributed by atoms with Crippen LogP contribution in [-0.4, -0.2) is 28.2 Å². The first-order valence-corrected chi connectivity index (χ1v) is 6.36. The number of aliphatic hydroxyl groups is 1. The van der Waals surface area contributed by atoms with Crippen LogP contribution in [-0.2, 0) is 0 Å². The van der Waals surface area contributed by atoms with Gasteiger partial charge in [0.25, 0.3) is 0 Å². The SMILES string of the molecule is CC(C)(CCCO)CNc1ncnc(N)c1Br. The van der Waals surface area contributed by atoms with Gasteiger partial charge in [-0.2, -0.15) is 0 Å². The zero-order valence-electron chi connectivity index (χ0n) is 10.2. The van der Waals surface area contributed by atoms with Crippen LogP contribution < -0.4 is 11.1 Å². The fourth-order valence-electron chi connectivity index (χ4n) is 1.48. The Labute approximate surface area is 110 Å². The van der Waals surface area contributed by atoms with Crippen LogP contribution in [0.15, 0.2) is 10.8 Å². The Balaban J connectivity index is 2.58. The zero-order chi connectivity index (χ0) is 12.9. The zero-order valence-corrected chi connectivity index (χ0v) is 11.8. The number of anilines is 2. The van der Waals surface area contributed by atoms with Crippen molar-refractivity contribution in [2.45, 2.75) is 26.7 Å². The van der Waals surface area contributed by atoms with Crippen LogP contribution in [0.3, 0.4) is 0 Å². The fourth-order valence-corrected chi connectivity index (χ4v) is 1.82. The highest BCUT2D eigenvalue weighted by molar-refractivity contribution is 9.10. The normalized spacial score (nSPS) is 11.5. The Morgan fingerprint density at radius 1 is 1.47 bits per heavy atom. The maximum Gasteiger partial charge on any atom is 0.145 e. The Morgan fingerprint density at radius 2 is 2.18 bits per heavy atom. The number of aliphatic hydroxyl groups excluding tert-OH is 1. The van der Waals surface area contributed by atoms with Gasteiger partial charge in [0.05, 0.1) is 0 Å². The number of aromatic nitrogens is 2. The monoisotopic (exact) mass is 302 g/mol. The van der Waals surface area contributed by atoms with E-state index in [0.29, 0.717) is 16.1 Å². The summed E-state index contributed by atoms with van der Waals surface area (Å²) in [6.07, 6.45) is 3.19. The first kappa shape index (κ1) is 14.2. The van der Waals surface area contributed by atoms with Crippen molar-refractivity contribution in [1.82, 2.24) is 9.97 Å². The number of halogens is 1. The molecule has 0 unspecified atom stereocenters. The summed E-state index contributed by atoms with van der Waals surface area (Å²) < 4.78 is 0.693. The van der Waals surface area contributed by atoms with Gasteiger partial charge in [0.2, 0.25) is 0 Å². The van der Waals surface area contributed by atoms with E-state index in [9.17, 15) is 0 Å². The molecule has 1 heterocycles. The minimum atomic E-state index is 0.0991. The van der Waals surface area contributed by atoms with Crippen molar-refractivity contribution in [2.24, 2.45) is 5.41 Å². The van der Waals surface area contributed by atoms with Crippen molar-refractivity contribution in [2.75, 3.05) is 24.2 Å². The van der Waals surface area contributed by atoms with E-state index in [1.165, 1.54) is 6.33 Å². The van der Waals surface area contributed by atoms with E-state index in [1.54, 1.807) is 0 Å². The van der Waals surface area contributed by atoms with Crippen LogP contribution in [0.5, 0.6) is 0 Å². The van der Waals surface area contributed by atoms with Gasteiger partial charge in [-0.1, -0.05) is 13.8 Å². The summed E-state index contributed by atoms with van der Waals surface area (Å²) >= 11 is 3.35. The average molecular weight is 303 g/mol. The molecule has 1 aromatic rings. The standard InChI is InChI=1S/C11H19BrN4O/c1-11(2,4-3-5-17)6-14-10-8(12)9(13)15-7-16-10/h7,17H,3-6H2,1-2H3,(H3,13,14,15,16). The van der Waals surface area contributed by atoms with Crippen molar-refractivity contribution < 1.29 is 5.11 Å². The lowest BCUT2D eigenvalue weighted by Gasteiger charge is -2.25. The van der Waals surface area contributed by atoms with Crippen molar-refractivity contribution in [3.63, 3.8) is 0 Å². The molecule has 4 N–H and O–H groups in total. The maximum atomic E-state index is 8.83. The molecule has 0 saturated heterocycles. The molecule has 6 heteroatoms. The molecule has 0 bridgehead atoms. The molecule has 17 heavy (non-hydrogen) atoms. The highest BCUT2D eigenvalue weighted by Crippen LogP contribution is 2.27. The quantitative estimate of drug-likeness (QED) is 0.749. The summed E-state index contributed by atoms with van der Waals surface area (Å²) in [6.45, 7) is 5.29. The van der Waals surface area contributed by atoms with Crippen molar-refractivity contribution in [3.8, 4) is 0 Å². The molecule has 0 fully saturated rings. The first-order valence-electron chi connectivity index (χ1n) is 5.57. The fraction of sp³-hybridized carbons (Fsp3) is 0.636. The molecule has 0 saturated carbocycles. The molecule has 0 aliphatic heterocycles. The van der Waals surface area contributed by atoms with Crippen molar-refractivity contribution in [1.29, 1.82) is 0 Å². The summed E-state index contributed by atoms with van der Waals surface area (Å²) in [5, 5.41) is 12.1. The van der Waals surface area contributed by atoms with E-state index in [2.05, 4.69) is 45.1 Å². The number of hydrogen-bond acceptors (Lipinski definition) is 5. The molecule has 0 radical (unpaired) electrons. The lowest BCUT2D eigenvalue weighted by molar-refractivity contribution is 0.248. The second kappa shape index (κ2) is 6.16. The molecule has 5 nitrogen and oxygen atoms in total. The number of nitrogens with two attached hydrogens (primary N) is 1. The van der Waals surface area contributed by atoms with Gasteiger partial charge in [0.15, 0.2) is 0 Å². The topological polar surface area (TPSA) is 84.1 Å². The van der Waals surface area contributed by atoms with Crippen LogP contribution >= 0.6 is 15.9 Å². The minimum Gasteiger partial charge on any atom is -0.396 e. The van der Waals surface area contributed by atoms with E-state index in [4.69, 9.17) is 10.8 Å². The van der Waals surface area contributed by atoms with E-state index in [-0.39, 0.29) is 12.0 Å². The van der Waals surface area contributed by atoms with Crippen LogP contribution in [0, 0.1) is 5.41 Å². The smallest absolute Gasteiger partial charge is 0.145 e. The third-order valence-electron chi connectivity index (χ3n) is 2.56. The largest absolute Gasteiger partial charge is 0.396 e. The van der Waals surface area contributed by atoms with Gasteiger partial charge >= 0.3 is 0 Å². The summed E-state index contributed by atoms with van der Waals surface area (Å²) in [5.41, 5.74) is 5.77. The van der Waals surface area contributed by atoms with E-state index < -0.39 is 0 Å². The Hall–Kier alpha value is -0.880. The van der Waals surface area contributed by atoms with Crippen molar-refractivity contribution >= 4 is 27.6 Å². The molecular weight excluding hydrogens is 284 g/mol. The molecule has 0 aliphatic rings.